The van der Waals surface area contributed by atoms with Gasteiger partial charge in [-0.2, -0.15) is 0 Å². The molecule has 2 heterocycles. The Bertz CT molecular complexity index is 1230. The van der Waals surface area contributed by atoms with E-state index >= 15 is 0 Å². The van der Waals surface area contributed by atoms with Crippen LogP contribution >= 0.6 is 0 Å². The maximum atomic E-state index is 12.7. The number of aromatic amines is 1. The number of aromatic nitrogens is 2. The number of imidazole rings is 1. The molecule has 5 rings (SSSR count). The second-order valence-electron chi connectivity index (χ2n) is 9.35. The van der Waals surface area contributed by atoms with Crippen molar-refractivity contribution in [3.8, 4) is 11.5 Å². The molecule has 0 spiro atoms. The molecule has 3 aromatic rings. The van der Waals surface area contributed by atoms with Crippen LogP contribution in [0.5, 0.6) is 11.5 Å². The molecule has 1 aromatic heterocycles. The van der Waals surface area contributed by atoms with Gasteiger partial charge in [0, 0.05) is 25.7 Å². The fourth-order valence-electron chi connectivity index (χ4n) is 5.32. The zero-order valence-electron chi connectivity index (χ0n) is 19.5. The van der Waals surface area contributed by atoms with Crippen molar-refractivity contribution in [3.63, 3.8) is 0 Å². The summed E-state index contributed by atoms with van der Waals surface area (Å²) in [6, 6.07) is 11.1. The number of nitrogens with zero attached hydrogens (tertiary/aromatic N) is 2. The van der Waals surface area contributed by atoms with Gasteiger partial charge < -0.3 is 19.6 Å². The second-order valence-corrected chi connectivity index (χ2v) is 9.35. The van der Waals surface area contributed by atoms with Crippen LogP contribution in [0.25, 0.3) is 11.0 Å². The minimum absolute atomic E-state index is 0.0882. The summed E-state index contributed by atoms with van der Waals surface area (Å²) in [5, 5.41) is 9.22. The molecule has 0 radical (unpaired) electrons. The lowest BCUT2D eigenvalue weighted by Crippen LogP contribution is -2.36. The standard InChI is InChI=1S/C26H31N3O5/c1-33-23-9-6-17(14-24(23)34-20-4-2-3-5-20)16-28-12-10-19(11-13-28)29-22-8-7-18(25(30)31)15-21(22)27-26(29)32/h6-9,14-15,19-20H,2-5,10-13,16H2,1H3,(H,27,32)(H,30,31). The number of benzene rings is 2. The van der Waals surface area contributed by atoms with Gasteiger partial charge in [0.2, 0.25) is 0 Å². The van der Waals surface area contributed by atoms with Crippen LogP contribution in [0.2, 0.25) is 0 Å². The van der Waals surface area contributed by atoms with Gasteiger partial charge in [0.15, 0.2) is 11.5 Å². The van der Waals surface area contributed by atoms with Crippen molar-refractivity contribution in [2.24, 2.45) is 0 Å². The smallest absolute Gasteiger partial charge is 0.335 e. The fourth-order valence-corrected chi connectivity index (χ4v) is 5.32. The number of carboxylic acid groups (broad SMARTS) is 1. The molecule has 1 saturated heterocycles. The largest absolute Gasteiger partial charge is 0.493 e. The van der Waals surface area contributed by atoms with E-state index in [0.29, 0.717) is 5.52 Å². The lowest BCUT2D eigenvalue weighted by Gasteiger charge is -2.32. The Morgan fingerprint density at radius 1 is 1.06 bits per heavy atom. The summed E-state index contributed by atoms with van der Waals surface area (Å²) in [5.74, 6) is 0.603. The Morgan fingerprint density at radius 2 is 1.82 bits per heavy atom. The molecule has 0 bridgehead atoms. The first-order chi connectivity index (χ1) is 16.5. The molecule has 2 N–H and O–H groups in total. The molecule has 0 amide bonds. The van der Waals surface area contributed by atoms with Gasteiger partial charge in [-0.3, -0.25) is 9.47 Å². The number of carbonyl (C=O) groups is 1. The van der Waals surface area contributed by atoms with Crippen LogP contribution < -0.4 is 15.2 Å². The molecule has 2 aromatic carbocycles. The van der Waals surface area contributed by atoms with E-state index in [9.17, 15) is 14.7 Å². The van der Waals surface area contributed by atoms with Crippen LogP contribution in [0.4, 0.5) is 0 Å². The molecular formula is C26H31N3O5. The van der Waals surface area contributed by atoms with Crippen molar-refractivity contribution in [3.05, 3.63) is 58.0 Å². The van der Waals surface area contributed by atoms with Crippen LogP contribution in [-0.4, -0.2) is 51.8 Å². The molecule has 34 heavy (non-hydrogen) atoms. The topological polar surface area (TPSA) is 96.8 Å². The minimum Gasteiger partial charge on any atom is -0.493 e. The number of hydrogen-bond donors (Lipinski definition) is 2. The van der Waals surface area contributed by atoms with E-state index in [0.717, 1.165) is 62.3 Å². The summed E-state index contributed by atoms with van der Waals surface area (Å²) in [5.41, 5.74) is 2.52. The molecule has 1 aliphatic carbocycles. The lowest BCUT2D eigenvalue weighted by molar-refractivity contribution is 0.0697. The Labute approximate surface area is 198 Å². The summed E-state index contributed by atoms with van der Waals surface area (Å²) in [6.07, 6.45) is 6.65. The van der Waals surface area contributed by atoms with Crippen molar-refractivity contribution in [1.29, 1.82) is 0 Å². The first-order valence-electron chi connectivity index (χ1n) is 12.1. The number of aromatic carboxylic acids is 1. The van der Waals surface area contributed by atoms with E-state index in [1.54, 1.807) is 23.8 Å². The molecule has 8 nitrogen and oxygen atoms in total. The third-order valence-electron chi connectivity index (χ3n) is 7.12. The van der Waals surface area contributed by atoms with Gasteiger partial charge >= 0.3 is 11.7 Å². The molecule has 1 saturated carbocycles. The van der Waals surface area contributed by atoms with Crippen molar-refractivity contribution in [2.45, 2.75) is 57.2 Å². The van der Waals surface area contributed by atoms with E-state index < -0.39 is 5.97 Å². The number of methoxy groups -OCH3 is 1. The van der Waals surface area contributed by atoms with Gasteiger partial charge in [-0.25, -0.2) is 9.59 Å². The average Bonchev–Trinajstić information content (AvgIpc) is 3.46. The van der Waals surface area contributed by atoms with Crippen LogP contribution in [0, 0.1) is 0 Å². The van der Waals surface area contributed by atoms with Gasteiger partial charge in [0.25, 0.3) is 0 Å². The number of likely N-dealkylation sites (tertiary alicyclic amines) is 1. The highest BCUT2D eigenvalue weighted by Crippen LogP contribution is 2.33. The highest BCUT2D eigenvalue weighted by molar-refractivity contribution is 5.92. The Kier molecular flexibility index (Phi) is 6.32. The zero-order valence-corrected chi connectivity index (χ0v) is 19.5. The summed E-state index contributed by atoms with van der Waals surface area (Å²) < 4.78 is 13.6. The van der Waals surface area contributed by atoms with Crippen molar-refractivity contribution in [1.82, 2.24) is 14.5 Å². The molecular weight excluding hydrogens is 434 g/mol. The number of rotatable bonds is 7. The SMILES string of the molecule is COc1ccc(CN2CCC(n3c(=O)[nH]c4cc(C(=O)O)ccc43)CC2)cc1OC1CCCC1. The van der Waals surface area contributed by atoms with Crippen molar-refractivity contribution >= 4 is 17.0 Å². The Hall–Kier alpha value is -3.26. The highest BCUT2D eigenvalue weighted by atomic mass is 16.5. The van der Waals surface area contributed by atoms with Gasteiger partial charge in [-0.05, 0) is 74.4 Å². The van der Waals surface area contributed by atoms with Crippen molar-refractivity contribution < 1.29 is 19.4 Å². The first-order valence-corrected chi connectivity index (χ1v) is 12.1. The van der Waals surface area contributed by atoms with Gasteiger partial charge in [0.1, 0.15) is 0 Å². The quantitative estimate of drug-likeness (QED) is 0.543. The number of hydrogen-bond acceptors (Lipinski definition) is 5. The minimum atomic E-state index is -1.00. The van der Waals surface area contributed by atoms with Gasteiger partial charge in [-0.1, -0.05) is 6.07 Å². The molecule has 2 aliphatic rings. The third-order valence-corrected chi connectivity index (χ3v) is 7.12. The molecule has 0 atom stereocenters. The third kappa shape index (κ3) is 4.55. The van der Waals surface area contributed by atoms with E-state index in [1.807, 2.05) is 6.07 Å². The monoisotopic (exact) mass is 465 g/mol. The summed E-state index contributed by atoms with van der Waals surface area (Å²) in [7, 11) is 1.68. The van der Waals surface area contributed by atoms with Gasteiger partial charge in [0.05, 0.1) is 29.8 Å². The van der Waals surface area contributed by atoms with E-state index in [2.05, 4.69) is 22.0 Å². The van der Waals surface area contributed by atoms with Crippen LogP contribution in [0.3, 0.4) is 0 Å². The maximum Gasteiger partial charge on any atom is 0.335 e. The first kappa shape index (κ1) is 22.5. The second kappa shape index (κ2) is 9.54. The normalized spacial score (nSPS) is 17.9. The predicted molar refractivity (Wildman–Crippen MR) is 129 cm³/mol. The lowest BCUT2D eigenvalue weighted by atomic mass is 10.0. The number of H-pyrrole nitrogens is 1. The fraction of sp³-hybridized carbons (Fsp3) is 0.462. The van der Waals surface area contributed by atoms with Crippen LogP contribution in [0.1, 0.15) is 60.5 Å². The zero-order chi connectivity index (χ0) is 23.7. The Morgan fingerprint density at radius 3 is 2.53 bits per heavy atom. The summed E-state index contributed by atoms with van der Waals surface area (Å²) in [6.45, 7) is 2.58. The molecule has 2 fully saturated rings. The number of fused-ring (bicyclic) bond motifs is 1. The molecule has 1 aliphatic heterocycles. The summed E-state index contributed by atoms with van der Waals surface area (Å²) >= 11 is 0. The molecule has 180 valence electrons. The van der Waals surface area contributed by atoms with Crippen LogP contribution in [-0.2, 0) is 6.54 Å². The van der Waals surface area contributed by atoms with Crippen LogP contribution in [0.15, 0.2) is 41.2 Å². The predicted octanol–water partition coefficient (Wildman–Crippen LogP) is 4.19. The average molecular weight is 466 g/mol. The number of piperidine rings is 1. The summed E-state index contributed by atoms with van der Waals surface area (Å²) in [4.78, 5) is 29.1. The van der Waals surface area contributed by atoms with Crippen molar-refractivity contribution in [2.75, 3.05) is 20.2 Å². The maximum absolute atomic E-state index is 12.7. The molecule has 0 unspecified atom stereocenters. The van der Waals surface area contributed by atoms with E-state index in [4.69, 9.17) is 9.47 Å². The number of ether oxygens (including phenoxy) is 2. The molecule has 8 heteroatoms. The number of nitrogens with one attached hydrogen (secondary N) is 1. The van der Waals surface area contributed by atoms with E-state index in [-0.39, 0.29) is 23.4 Å². The van der Waals surface area contributed by atoms with E-state index in [1.165, 1.54) is 24.5 Å². The van der Waals surface area contributed by atoms with Gasteiger partial charge in [-0.15, -0.1) is 0 Å². The Balaban J connectivity index is 1.26. The number of carboxylic acids is 1. The highest BCUT2D eigenvalue weighted by Gasteiger charge is 2.25.